The number of hydrogen-bond donors (Lipinski definition) is 4. The summed E-state index contributed by atoms with van der Waals surface area (Å²) in [5, 5.41) is 9.06. The number of carbonyl (C=O) groups is 1. The van der Waals surface area contributed by atoms with Crippen molar-refractivity contribution in [1.29, 1.82) is 0 Å². The lowest BCUT2D eigenvalue weighted by atomic mass is 10.3. The third-order valence-electron chi connectivity index (χ3n) is 2.26. The van der Waals surface area contributed by atoms with Gasteiger partial charge in [-0.15, -0.1) is 0 Å². The van der Waals surface area contributed by atoms with Crippen molar-refractivity contribution in [3.8, 4) is 0 Å². The number of carbonyl (C=O) groups excluding carboxylic acids is 1. The predicted molar refractivity (Wildman–Crippen MR) is 63.6 cm³/mol. The number of amides is 1. The van der Waals surface area contributed by atoms with Crippen LogP contribution in [-0.2, 0) is 6.42 Å². The number of nitrogens with zero attached hydrogens (tertiary/aromatic N) is 1. The van der Waals surface area contributed by atoms with Gasteiger partial charge in [-0.25, -0.2) is 4.79 Å². The number of aromatic amines is 3. The van der Waals surface area contributed by atoms with Crippen LogP contribution >= 0.6 is 0 Å². The van der Waals surface area contributed by atoms with Gasteiger partial charge in [0.05, 0.1) is 0 Å². The summed E-state index contributed by atoms with van der Waals surface area (Å²) in [6.45, 7) is 1.94. The fraction of sp³-hybridized carbons (Fsp3) is 0.200. The molecule has 2 heterocycles. The highest BCUT2D eigenvalue weighted by molar-refractivity contribution is 6.02. The van der Waals surface area contributed by atoms with Crippen LogP contribution in [0.4, 0.5) is 5.82 Å². The second-order valence-electron chi connectivity index (χ2n) is 3.59. The highest BCUT2D eigenvalue weighted by Gasteiger charge is 2.10. The smallest absolute Gasteiger partial charge is 0.304 e. The average Bonchev–Trinajstić information content (AvgIpc) is 2.75. The molecule has 0 aliphatic rings. The summed E-state index contributed by atoms with van der Waals surface area (Å²) in [5.41, 5.74) is -0.626. The first-order chi connectivity index (χ1) is 8.58. The molecular weight excluding hydrogens is 238 g/mol. The number of anilines is 1. The number of nitrogens with one attached hydrogen (secondary N) is 4. The van der Waals surface area contributed by atoms with Crippen molar-refractivity contribution < 1.29 is 4.79 Å². The summed E-state index contributed by atoms with van der Waals surface area (Å²) in [6.07, 6.45) is 0.755. The first-order valence-electron chi connectivity index (χ1n) is 5.27. The van der Waals surface area contributed by atoms with Gasteiger partial charge in [-0.3, -0.25) is 19.7 Å². The maximum Gasteiger partial charge on any atom is 0.326 e. The van der Waals surface area contributed by atoms with E-state index in [2.05, 4.69) is 20.5 Å². The van der Waals surface area contributed by atoms with Crippen LogP contribution in [0.15, 0.2) is 21.7 Å². The number of aryl methyl sites for hydroxylation is 1. The van der Waals surface area contributed by atoms with Crippen LogP contribution in [0.3, 0.4) is 0 Å². The van der Waals surface area contributed by atoms with Crippen LogP contribution < -0.4 is 16.6 Å². The molecular formula is C10H11N5O3. The van der Waals surface area contributed by atoms with E-state index in [4.69, 9.17) is 0 Å². The summed E-state index contributed by atoms with van der Waals surface area (Å²) in [6, 6.07) is 2.67. The van der Waals surface area contributed by atoms with Crippen molar-refractivity contribution >= 4 is 11.7 Å². The predicted octanol–water partition coefficient (Wildman–Crippen LogP) is -0.399. The van der Waals surface area contributed by atoms with Gasteiger partial charge in [-0.2, -0.15) is 5.10 Å². The van der Waals surface area contributed by atoms with Gasteiger partial charge in [0.25, 0.3) is 11.5 Å². The summed E-state index contributed by atoms with van der Waals surface area (Å²) < 4.78 is 0. The minimum atomic E-state index is -0.732. The van der Waals surface area contributed by atoms with E-state index in [9.17, 15) is 14.4 Å². The molecule has 0 atom stereocenters. The van der Waals surface area contributed by atoms with E-state index in [0.29, 0.717) is 5.82 Å². The normalized spacial score (nSPS) is 10.3. The van der Waals surface area contributed by atoms with Crippen LogP contribution in [0, 0.1) is 0 Å². The summed E-state index contributed by atoms with van der Waals surface area (Å²) in [4.78, 5) is 38.0. The SMILES string of the molecule is CCc1cc(NC(=O)c2cc(=O)[nH]c(=O)[nH]2)n[nH]1. The highest BCUT2D eigenvalue weighted by atomic mass is 16.2. The zero-order valence-corrected chi connectivity index (χ0v) is 9.53. The molecule has 0 fully saturated rings. The Balaban J connectivity index is 2.21. The molecule has 0 aromatic carbocycles. The van der Waals surface area contributed by atoms with Crippen LogP contribution in [-0.4, -0.2) is 26.1 Å². The van der Waals surface area contributed by atoms with Crippen LogP contribution in [0.1, 0.15) is 23.1 Å². The number of aromatic nitrogens is 4. The Morgan fingerprint density at radius 3 is 2.72 bits per heavy atom. The van der Waals surface area contributed by atoms with E-state index < -0.39 is 17.2 Å². The lowest BCUT2D eigenvalue weighted by Crippen LogP contribution is -2.27. The molecule has 2 aromatic rings. The zero-order valence-electron chi connectivity index (χ0n) is 9.53. The van der Waals surface area contributed by atoms with Crippen molar-refractivity contribution in [3.63, 3.8) is 0 Å². The molecule has 0 radical (unpaired) electrons. The molecule has 0 saturated heterocycles. The van der Waals surface area contributed by atoms with Gasteiger partial charge in [-0.05, 0) is 6.42 Å². The maximum absolute atomic E-state index is 11.7. The van der Waals surface area contributed by atoms with Crippen molar-refractivity contribution in [2.75, 3.05) is 5.32 Å². The Bertz CT molecular complexity index is 653. The van der Waals surface area contributed by atoms with E-state index in [0.717, 1.165) is 18.2 Å². The molecule has 18 heavy (non-hydrogen) atoms. The third-order valence-corrected chi connectivity index (χ3v) is 2.26. The third kappa shape index (κ3) is 2.54. The van der Waals surface area contributed by atoms with Gasteiger partial charge in [-0.1, -0.05) is 6.92 Å². The van der Waals surface area contributed by atoms with Crippen molar-refractivity contribution in [3.05, 3.63) is 44.4 Å². The first-order valence-corrected chi connectivity index (χ1v) is 5.27. The zero-order chi connectivity index (χ0) is 13.1. The van der Waals surface area contributed by atoms with E-state index in [1.165, 1.54) is 0 Å². The molecule has 0 unspecified atom stereocenters. The minimum Gasteiger partial charge on any atom is -0.304 e. The Morgan fingerprint density at radius 1 is 1.33 bits per heavy atom. The van der Waals surface area contributed by atoms with Crippen LogP contribution in [0.5, 0.6) is 0 Å². The number of rotatable bonds is 3. The van der Waals surface area contributed by atoms with Crippen molar-refractivity contribution in [2.45, 2.75) is 13.3 Å². The standard InChI is InChI=1S/C10H11N5O3/c1-2-5-3-7(15-14-5)12-9(17)6-4-8(16)13-10(18)11-6/h3-4H,2H2,1H3,(H2,11,13,16,18)(H2,12,14,15,17). The fourth-order valence-electron chi connectivity index (χ4n) is 1.38. The number of H-pyrrole nitrogens is 3. The summed E-state index contributed by atoms with van der Waals surface area (Å²) in [7, 11) is 0. The Kier molecular flexibility index (Phi) is 3.09. The molecule has 0 aliphatic heterocycles. The van der Waals surface area contributed by atoms with Crippen molar-refractivity contribution in [1.82, 2.24) is 20.2 Å². The molecule has 4 N–H and O–H groups in total. The summed E-state index contributed by atoms with van der Waals surface area (Å²) in [5.74, 6) is -0.273. The quantitative estimate of drug-likeness (QED) is 0.590. The number of hydrogen-bond acceptors (Lipinski definition) is 4. The molecule has 1 amide bonds. The Morgan fingerprint density at radius 2 is 2.11 bits per heavy atom. The summed E-state index contributed by atoms with van der Waals surface area (Å²) >= 11 is 0. The first kappa shape index (κ1) is 11.8. The second kappa shape index (κ2) is 4.70. The largest absolute Gasteiger partial charge is 0.326 e. The van der Waals surface area contributed by atoms with Gasteiger partial charge >= 0.3 is 5.69 Å². The van der Waals surface area contributed by atoms with Crippen LogP contribution in [0.25, 0.3) is 0 Å². The van der Waals surface area contributed by atoms with Gasteiger partial charge in [0, 0.05) is 17.8 Å². The molecule has 2 rings (SSSR count). The maximum atomic E-state index is 11.7. The second-order valence-corrected chi connectivity index (χ2v) is 3.59. The van der Waals surface area contributed by atoms with E-state index >= 15 is 0 Å². The monoisotopic (exact) mass is 249 g/mol. The van der Waals surface area contributed by atoms with Gasteiger partial charge in [0.15, 0.2) is 5.82 Å². The van der Waals surface area contributed by atoms with Gasteiger partial charge < -0.3 is 10.3 Å². The average molecular weight is 249 g/mol. The molecule has 8 heteroatoms. The Hall–Kier alpha value is -2.64. The molecule has 2 aromatic heterocycles. The van der Waals surface area contributed by atoms with E-state index in [1.54, 1.807) is 6.07 Å². The fourth-order valence-corrected chi connectivity index (χ4v) is 1.38. The van der Waals surface area contributed by atoms with E-state index in [1.807, 2.05) is 11.9 Å². The molecule has 94 valence electrons. The van der Waals surface area contributed by atoms with Crippen LogP contribution in [0.2, 0.25) is 0 Å². The topological polar surface area (TPSA) is 124 Å². The molecule has 0 bridgehead atoms. The molecule has 0 saturated carbocycles. The molecule has 0 spiro atoms. The molecule has 8 nitrogen and oxygen atoms in total. The molecule has 0 aliphatic carbocycles. The Labute approximate surface area is 100 Å². The van der Waals surface area contributed by atoms with E-state index in [-0.39, 0.29) is 5.69 Å². The van der Waals surface area contributed by atoms with Gasteiger partial charge in [0.1, 0.15) is 5.69 Å². The minimum absolute atomic E-state index is 0.121. The van der Waals surface area contributed by atoms with Crippen molar-refractivity contribution in [2.24, 2.45) is 0 Å². The lowest BCUT2D eigenvalue weighted by molar-refractivity contribution is 0.102. The lowest BCUT2D eigenvalue weighted by Gasteiger charge is -2.00. The van der Waals surface area contributed by atoms with Gasteiger partial charge in [0.2, 0.25) is 0 Å². The highest BCUT2D eigenvalue weighted by Crippen LogP contribution is 2.06.